The number of amides is 1. The van der Waals surface area contributed by atoms with Gasteiger partial charge in [-0.15, -0.1) is 0 Å². The molecule has 0 radical (unpaired) electrons. The van der Waals surface area contributed by atoms with Crippen molar-refractivity contribution in [2.75, 3.05) is 26.8 Å². The van der Waals surface area contributed by atoms with Gasteiger partial charge in [-0.2, -0.15) is 0 Å². The number of likely N-dealkylation sites (tertiary alicyclic amines) is 1. The molecule has 1 atom stereocenters. The first-order valence-corrected chi connectivity index (χ1v) is 9.07. The van der Waals surface area contributed by atoms with Gasteiger partial charge in [0.25, 0.3) is 0 Å². The second kappa shape index (κ2) is 7.50. The molecule has 2 heterocycles. The zero-order valence-corrected chi connectivity index (χ0v) is 15.4. The SMILES string of the molecule is CCn1cc(CC(=O)N2CCCC(COC)(C(=O)O)C2)c2ccccc21. The van der Waals surface area contributed by atoms with Gasteiger partial charge < -0.3 is 19.3 Å². The Morgan fingerprint density at radius 1 is 1.31 bits per heavy atom. The zero-order valence-electron chi connectivity index (χ0n) is 15.4. The van der Waals surface area contributed by atoms with E-state index in [4.69, 9.17) is 4.74 Å². The Morgan fingerprint density at radius 3 is 2.77 bits per heavy atom. The highest BCUT2D eigenvalue weighted by molar-refractivity contribution is 5.89. The van der Waals surface area contributed by atoms with Crippen molar-refractivity contribution in [1.29, 1.82) is 0 Å². The van der Waals surface area contributed by atoms with Crippen LogP contribution in [-0.2, 0) is 27.3 Å². The van der Waals surface area contributed by atoms with Crippen LogP contribution >= 0.6 is 0 Å². The molecule has 1 aliphatic heterocycles. The number of aromatic nitrogens is 1. The smallest absolute Gasteiger partial charge is 0.313 e. The first-order chi connectivity index (χ1) is 12.5. The van der Waals surface area contributed by atoms with Crippen LogP contribution in [0, 0.1) is 5.41 Å². The number of aryl methyl sites for hydroxylation is 1. The number of para-hydroxylation sites is 1. The molecule has 1 amide bonds. The predicted octanol–water partition coefficient (Wildman–Crippen LogP) is 2.54. The maximum Gasteiger partial charge on any atom is 0.313 e. The summed E-state index contributed by atoms with van der Waals surface area (Å²) in [4.78, 5) is 26.4. The normalized spacial score (nSPS) is 20.5. The van der Waals surface area contributed by atoms with E-state index in [1.54, 1.807) is 4.90 Å². The molecule has 0 bridgehead atoms. The molecule has 3 rings (SSSR count). The minimum absolute atomic E-state index is 0.0227. The molecule has 1 saturated heterocycles. The van der Waals surface area contributed by atoms with E-state index in [2.05, 4.69) is 17.6 Å². The van der Waals surface area contributed by atoms with Gasteiger partial charge in [0.1, 0.15) is 5.41 Å². The number of nitrogens with zero attached hydrogens (tertiary/aromatic N) is 2. The average molecular weight is 358 g/mol. The largest absolute Gasteiger partial charge is 0.481 e. The molecular weight excluding hydrogens is 332 g/mol. The van der Waals surface area contributed by atoms with E-state index in [0.717, 1.165) is 23.0 Å². The van der Waals surface area contributed by atoms with Crippen LogP contribution in [0.5, 0.6) is 0 Å². The van der Waals surface area contributed by atoms with Gasteiger partial charge >= 0.3 is 5.97 Å². The Kier molecular flexibility index (Phi) is 5.32. The van der Waals surface area contributed by atoms with E-state index in [9.17, 15) is 14.7 Å². The highest BCUT2D eigenvalue weighted by Crippen LogP contribution is 2.31. The van der Waals surface area contributed by atoms with Crippen LogP contribution in [0.15, 0.2) is 30.5 Å². The van der Waals surface area contributed by atoms with Crippen molar-refractivity contribution in [3.63, 3.8) is 0 Å². The lowest BCUT2D eigenvalue weighted by Gasteiger charge is -2.39. The number of carbonyl (C=O) groups is 2. The van der Waals surface area contributed by atoms with Crippen molar-refractivity contribution in [2.45, 2.75) is 32.7 Å². The van der Waals surface area contributed by atoms with Crippen molar-refractivity contribution >= 4 is 22.8 Å². The first-order valence-electron chi connectivity index (χ1n) is 9.07. The van der Waals surface area contributed by atoms with E-state index < -0.39 is 11.4 Å². The summed E-state index contributed by atoms with van der Waals surface area (Å²) in [6, 6.07) is 8.07. The van der Waals surface area contributed by atoms with Crippen LogP contribution in [0.1, 0.15) is 25.3 Å². The zero-order chi connectivity index (χ0) is 18.7. The fraction of sp³-hybridized carbons (Fsp3) is 0.500. The summed E-state index contributed by atoms with van der Waals surface area (Å²) in [5, 5.41) is 10.7. The van der Waals surface area contributed by atoms with E-state index in [1.807, 2.05) is 24.4 Å². The lowest BCUT2D eigenvalue weighted by Crippen LogP contribution is -2.52. The predicted molar refractivity (Wildman–Crippen MR) is 99.1 cm³/mol. The van der Waals surface area contributed by atoms with Crippen molar-refractivity contribution < 1.29 is 19.4 Å². The first kappa shape index (κ1) is 18.5. The molecule has 26 heavy (non-hydrogen) atoms. The van der Waals surface area contributed by atoms with Crippen molar-refractivity contribution in [3.05, 3.63) is 36.0 Å². The lowest BCUT2D eigenvalue weighted by atomic mass is 9.80. The third kappa shape index (κ3) is 3.33. The number of fused-ring (bicyclic) bond motifs is 1. The number of ether oxygens (including phenoxy) is 1. The Morgan fingerprint density at radius 2 is 2.08 bits per heavy atom. The van der Waals surface area contributed by atoms with Crippen molar-refractivity contribution in [1.82, 2.24) is 9.47 Å². The van der Waals surface area contributed by atoms with Gasteiger partial charge in [0, 0.05) is 43.8 Å². The quantitative estimate of drug-likeness (QED) is 0.861. The summed E-state index contributed by atoms with van der Waals surface area (Å²) in [7, 11) is 1.51. The van der Waals surface area contributed by atoms with Gasteiger partial charge in [-0.1, -0.05) is 18.2 Å². The minimum atomic E-state index is -1.000. The van der Waals surface area contributed by atoms with E-state index in [1.165, 1.54) is 7.11 Å². The van der Waals surface area contributed by atoms with Gasteiger partial charge in [-0.3, -0.25) is 9.59 Å². The summed E-state index contributed by atoms with van der Waals surface area (Å²) in [5.74, 6) is -0.912. The Bertz CT molecular complexity index is 809. The fourth-order valence-corrected chi connectivity index (χ4v) is 3.98. The summed E-state index contributed by atoms with van der Waals surface area (Å²) in [6.45, 7) is 3.86. The summed E-state index contributed by atoms with van der Waals surface area (Å²) < 4.78 is 7.29. The highest BCUT2D eigenvalue weighted by atomic mass is 16.5. The molecule has 1 aromatic carbocycles. The molecule has 0 aliphatic carbocycles. The summed E-state index contributed by atoms with van der Waals surface area (Å²) in [6.07, 6.45) is 3.54. The number of carbonyl (C=O) groups excluding carboxylic acids is 1. The lowest BCUT2D eigenvalue weighted by molar-refractivity contribution is -0.159. The van der Waals surface area contributed by atoms with Gasteiger partial charge in [0.2, 0.25) is 5.91 Å². The van der Waals surface area contributed by atoms with Crippen molar-refractivity contribution in [2.24, 2.45) is 5.41 Å². The van der Waals surface area contributed by atoms with Crippen LogP contribution in [0.25, 0.3) is 10.9 Å². The number of carboxylic acids is 1. The topological polar surface area (TPSA) is 71.8 Å². The second-order valence-corrected chi connectivity index (χ2v) is 7.07. The highest BCUT2D eigenvalue weighted by Gasteiger charge is 2.43. The Labute approximate surface area is 153 Å². The van der Waals surface area contributed by atoms with Crippen LogP contribution in [0.2, 0.25) is 0 Å². The number of aliphatic carboxylic acids is 1. The molecule has 0 spiro atoms. The van der Waals surface area contributed by atoms with Gasteiger partial charge in [-0.25, -0.2) is 0 Å². The second-order valence-electron chi connectivity index (χ2n) is 7.07. The number of hydrogen-bond acceptors (Lipinski definition) is 3. The number of carboxylic acid groups (broad SMARTS) is 1. The minimum Gasteiger partial charge on any atom is -0.481 e. The standard InChI is InChI=1S/C20H26N2O4/c1-3-21-12-15(16-7-4-5-8-17(16)21)11-18(23)22-10-6-9-20(13-22,14-26-2)19(24)25/h4-5,7-8,12H,3,6,9-11,13-14H2,1-2H3,(H,24,25). The van der Waals surface area contributed by atoms with Gasteiger partial charge in [-0.05, 0) is 31.4 Å². The molecule has 2 aromatic rings. The Balaban J connectivity index is 1.81. The maximum absolute atomic E-state index is 12.9. The van der Waals surface area contributed by atoms with E-state index in [0.29, 0.717) is 19.4 Å². The monoisotopic (exact) mass is 358 g/mol. The fourth-order valence-electron chi connectivity index (χ4n) is 3.98. The molecule has 140 valence electrons. The molecule has 1 aromatic heterocycles. The molecular formula is C20H26N2O4. The number of rotatable bonds is 6. The molecule has 6 nitrogen and oxygen atoms in total. The molecule has 1 fully saturated rings. The number of hydrogen-bond donors (Lipinski definition) is 1. The molecule has 1 aliphatic rings. The van der Waals surface area contributed by atoms with Crippen LogP contribution in [0.4, 0.5) is 0 Å². The number of benzene rings is 1. The molecule has 6 heteroatoms. The van der Waals surface area contributed by atoms with Crippen LogP contribution < -0.4 is 0 Å². The average Bonchev–Trinajstić information content (AvgIpc) is 3.00. The third-order valence-electron chi connectivity index (χ3n) is 5.36. The number of piperidine rings is 1. The van der Waals surface area contributed by atoms with E-state index >= 15 is 0 Å². The van der Waals surface area contributed by atoms with Gasteiger partial charge in [0.15, 0.2) is 0 Å². The van der Waals surface area contributed by atoms with Crippen molar-refractivity contribution in [3.8, 4) is 0 Å². The molecule has 1 N–H and O–H groups in total. The molecule has 1 unspecified atom stereocenters. The van der Waals surface area contributed by atoms with E-state index in [-0.39, 0.29) is 25.5 Å². The molecule has 0 saturated carbocycles. The maximum atomic E-state index is 12.9. The van der Waals surface area contributed by atoms with Crippen LogP contribution in [-0.4, -0.2) is 53.3 Å². The van der Waals surface area contributed by atoms with Crippen LogP contribution in [0.3, 0.4) is 0 Å². The summed E-state index contributed by atoms with van der Waals surface area (Å²) in [5.41, 5.74) is 1.11. The number of methoxy groups -OCH3 is 1. The van der Waals surface area contributed by atoms with Gasteiger partial charge in [0.05, 0.1) is 13.0 Å². The summed E-state index contributed by atoms with van der Waals surface area (Å²) >= 11 is 0. The Hall–Kier alpha value is -2.34. The third-order valence-corrected chi connectivity index (χ3v) is 5.36.